The van der Waals surface area contributed by atoms with Crippen LogP contribution in [0.1, 0.15) is 22.3 Å². The Morgan fingerprint density at radius 1 is 1.17 bits per heavy atom. The number of anilines is 1. The lowest BCUT2D eigenvalue weighted by atomic mass is 10.1. The average Bonchev–Trinajstić information content (AvgIpc) is 2.58. The van der Waals surface area contributed by atoms with Gasteiger partial charge in [0.15, 0.2) is 0 Å². The van der Waals surface area contributed by atoms with Gasteiger partial charge >= 0.3 is 5.97 Å². The van der Waals surface area contributed by atoms with Crippen LogP contribution in [0.2, 0.25) is 0 Å². The van der Waals surface area contributed by atoms with Crippen LogP contribution in [0, 0.1) is 12.7 Å². The lowest BCUT2D eigenvalue weighted by molar-refractivity contribution is -0.115. The molecule has 2 aromatic rings. The molecule has 126 valence electrons. The number of amides is 1. The molecule has 0 aliphatic carbocycles. The summed E-state index contributed by atoms with van der Waals surface area (Å²) in [6.07, 6.45) is 0.309. The standard InChI is InChI=1S/C18H18FNO3S/c1-12-3-4-13(18(22)23-2)11-16(12)20-17(21)9-10-24-15-7-5-14(19)6-8-15/h3-8,11H,9-10H2,1-2H3,(H,20,21). The minimum absolute atomic E-state index is 0.144. The van der Waals surface area contributed by atoms with Crippen LogP contribution >= 0.6 is 11.8 Å². The Bertz CT molecular complexity index is 732. The third kappa shape index (κ3) is 5.09. The summed E-state index contributed by atoms with van der Waals surface area (Å²) in [6.45, 7) is 1.85. The summed E-state index contributed by atoms with van der Waals surface area (Å²) in [4.78, 5) is 24.5. The first kappa shape index (κ1) is 18.0. The number of nitrogens with one attached hydrogen (secondary N) is 1. The SMILES string of the molecule is COC(=O)c1ccc(C)c(NC(=O)CCSc2ccc(F)cc2)c1. The summed E-state index contributed by atoms with van der Waals surface area (Å²) in [6, 6.07) is 11.2. The third-order valence-electron chi connectivity index (χ3n) is 3.34. The van der Waals surface area contributed by atoms with Gasteiger partial charge in [0.1, 0.15) is 5.82 Å². The Hall–Kier alpha value is -2.34. The van der Waals surface area contributed by atoms with Gasteiger partial charge in [0.25, 0.3) is 0 Å². The number of ether oxygens (including phenoxy) is 1. The van der Waals surface area contributed by atoms with Crippen LogP contribution in [0.15, 0.2) is 47.4 Å². The minimum atomic E-state index is -0.447. The number of rotatable bonds is 6. The lowest BCUT2D eigenvalue weighted by Crippen LogP contribution is -2.14. The van der Waals surface area contributed by atoms with Gasteiger partial charge in [-0.25, -0.2) is 9.18 Å². The predicted molar refractivity (Wildman–Crippen MR) is 92.9 cm³/mol. The highest BCUT2D eigenvalue weighted by molar-refractivity contribution is 7.99. The fraction of sp³-hybridized carbons (Fsp3) is 0.222. The molecule has 0 aliphatic heterocycles. The van der Waals surface area contributed by atoms with Gasteiger partial charge in [0, 0.05) is 22.8 Å². The monoisotopic (exact) mass is 347 g/mol. The number of halogens is 1. The summed E-state index contributed by atoms with van der Waals surface area (Å²) < 4.78 is 17.5. The molecule has 0 spiro atoms. The second-order valence-corrected chi connectivity index (χ2v) is 6.29. The fourth-order valence-corrected chi connectivity index (χ4v) is 2.86. The molecular weight excluding hydrogens is 329 g/mol. The van der Waals surface area contributed by atoms with Crippen LogP contribution in [0.3, 0.4) is 0 Å². The van der Waals surface area contributed by atoms with Crippen LogP contribution in [0.5, 0.6) is 0 Å². The van der Waals surface area contributed by atoms with Gasteiger partial charge < -0.3 is 10.1 Å². The normalized spacial score (nSPS) is 10.3. The second kappa shape index (κ2) is 8.49. The number of hydrogen-bond acceptors (Lipinski definition) is 4. The molecule has 24 heavy (non-hydrogen) atoms. The Morgan fingerprint density at radius 2 is 1.88 bits per heavy atom. The van der Waals surface area contributed by atoms with Gasteiger partial charge in [0.05, 0.1) is 12.7 Å². The molecule has 0 bridgehead atoms. The molecule has 0 aliphatic rings. The van der Waals surface area contributed by atoms with E-state index >= 15 is 0 Å². The van der Waals surface area contributed by atoms with Gasteiger partial charge in [-0.1, -0.05) is 6.07 Å². The highest BCUT2D eigenvalue weighted by Crippen LogP contribution is 2.21. The summed E-state index contributed by atoms with van der Waals surface area (Å²) >= 11 is 1.48. The van der Waals surface area contributed by atoms with Crippen LogP contribution in [0.4, 0.5) is 10.1 Å². The van der Waals surface area contributed by atoms with Crippen LogP contribution in [0.25, 0.3) is 0 Å². The van der Waals surface area contributed by atoms with Gasteiger partial charge in [0.2, 0.25) is 5.91 Å². The van der Waals surface area contributed by atoms with Crippen LogP contribution in [-0.2, 0) is 9.53 Å². The number of esters is 1. The molecule has 0 saturated heterocycles. The molecule has 0 saturated carbocycles. The van der Waals surface area contributed by atoms with E-state index in [1.54, 1.807) is 30.3 Å². The smallest absolute Gasteiger partial charge is 0.337 e. The summed E-state index contributed by atoms with van der Waals surface area (Å²) in [5.74, 6) is -0.294. The first-order valence-electron chi connectivity index (χ1n) is 7.37. The molecule has 6 heteroatoms. The number of hydrogen-bond donors (Lipinski definition) is 1. The maximum atomic E-state index is 12.8. The maximum absolute atomic E-state index is 12.8. The number of aryl methyl sites for hydroxylation is 1. The molecule has 0 heterocycles. The first-order chi connectivity index (χ1) is 11.5. The molecule has 0 aromatic heterocycles. The number of methoxy groups -OCH3 is 1. The van der Waals surface area contributed by atoms with Gasteiger partial charge in [-0.15, -0.1) is 11.8 Å². The maximum Gasteiger partial charge on any atom is 0.337 e. The fourth-order valence-electron chi connectivity index (χ4n) is 2.01. The van der Waals surface area contributed by atoms with Gasteiger partial charge in [-0.3, -0.25) is 4.79 Å². The summed E-state index contributed by atoms with van der Waals surface area (Å²) in [7, 11) is 1.31. The Labute approximate surface area is 144 Å². The average molecular weight is 347 g/mol. The number of carbonyl (C=O) groups excluding carboxylic acids is 2. The largest absolute Gasteiger partial charge is 0.465 e. The molecule has 4 nitrogen and oxygen atoms in total. The van der Waals surface area contributed by atoms with Crippen molar-refractivity contribution >= 4 is 29.3 Å². The highest BCUT2D eigenvalue weighted by Gasteiger charge is 2.10. The summed E-state index contributed by atoms with van der Waals surface area (Å²) in [5, 5.41) is 2.80. The molecule has 0 radical (unpaired) electrons. The third-order valence-corrected chi connectivity index (χ3v) is 4.36. The molecule has 0 fully saturated rings. The van der Waals surface area contributed by atoms with Gasteiger partial charge in [-0.05, 0) is 48.9 Å². The van der Waals surface area contributed by atoms with Crippen molar-refractivity contribution in [3.63, 3.8) is 0 Å². The van der Waals surface area contributed by atoms with E-state index < -0.39 is 5.97 Å². The summed E-state index contributed by atoms with van der Waals surface area (Å²) in [5.41, 5.74) is 1.84. The minimum Gasteiger partial charge on any atom is -0.465 e. The Kier molecular flexibility index (Phi) is 6.37. The zero-order valence-electron chi connectivity index (χ0n) is 13.5. The topological polar surface area (TPSA) is 55.4 Å². The first-order valence-corrected chi connectivity index (χ1v) is 8.35. The van der Waals surface area contributed by atoms with Crippen LogP contribution in [-0.4, -0.2) is 24.7 Å². The van der Waals surface area contributed by atoms with E-state index in [9.17, 15) is 14.0 Å². The van der Waals surface area contributed by atoms with E-state index in [1.165, 1.54) is 31.0 Å². The molecule has 1 amide bonds. The highest BCUT2D eigenvalue weighted by atomic mass is 32.2. The zero-order chi connectivity index (χ0) is 17.5. The van der Waals surface area contributed by atoms with Crippen LogP contribution < -0.4 is 5.32 Å². The van der Waals surface area contributed by atoms with Crippen molar-refractivity contribution in [2.45, 2.75) is 18.2 Å². The van der Waals surface area contributed by atoms with Crippen molar-refractivity contribution in [1.29, 1.82) is 0 Å². The molecule has 2 aromatic carbocycles. The molecular formula is C18H18FNO3S. The zero-order valence-corrected chi connectivity index (χ0v) is 14.3. The molecule has 1 N–H and O–H groups in total. The molecule has 0 atom stereocenters. The Balaban J connectivity index is 1.90. The van der Waals surface area contributed by atoms with E-state index in [4.69, 9.17) is 0 Å². The quantitative estimate of drug-likeness (QED) is 0.633. The van der Waals surface area contributed by atoms with E-state index in [1.807, 2.05) is 6.92 Å². The van der Waals surface area contributed by atoms with Crippen molar-refractivity contribution in [3.05, 3.63) is 59.4 Å². The van der Waals surface area contributed by atoms with Crippen molar-refractivity contribution < 1.29 is 18.7 Å². The molecule has 2 rings (SSSR count). The number of benzene rings is 2. The van der Waals surface area contributed by atoms with E-state index in [0.717, 1.165) is 10.5 Å². The van der Waals surface area contributed by atoms with Crippen molar-refractivity contribution in [1.82, 2.24) is 0 Å². The predicted octanol–water partition coefficient (Wildman–Crippen LogP) is 4.04. The number of thioether (sulfide) groups is 1. The van der Waals surface area contributed by atoms with E-state index in [0.29, 0.717) is 23.4 Å². The Morgan fingerprint density at radius 3 is 2.54 bits per heavy atom. The lowest BCUT2D eigenvalue weighted by Gasteiger charge is -2.10. The van der Waals surface area contributed by atoms with E-state index in [-0.39, 0.29) is 11.7 Å². The van der Waals surface area contributed by atoms with Gasteiger partial charge in [-0.2, -0.15) is 0 Å². The van der Waals surface area contributed by atoms with E-state index in [2.05, 4.69) is 10.1 Å². The number of carbonyl (C=O) groups is 2. The van der Waals surface area contributed by atoms with Crippen molar-refractivity contribution in [3.8, 4) is 0 Å². The van der Waals surface area contributed by atoms with Crippen molar-refractivity contribution in [2.24, 2.45) is 0 Å². The van der Waals surface area contributed by atoms with Crippen molar-refractivity contribution in [2.75, 3.05) is 18.2 Å². The second-order valence-electron chi connectivity index (χ2n) is 5.12. The molecule has 0 unspecified atom stereocenters.